The molecule has 1 aromatic rings. The lowest BCUT2D eigenvalue weighted by Gasteiger charge is -2.42. The second kappa shape index (κ2) is 6.42. The first-order valence-corrected chi connectivity index (χ1v) is 7.35. The highest BCUT2D eigenvalue weighted by Crippen LogP contribution is 2.31. The highest BCUT2D eigenvalue weighted by molar-refractivity contribution is 5.98. The molecule has 0 radical (unpaired) electrons. The lowest BCUT2D eigenvalue weighted by molar-refractivity contribution is -0.157. The Bertz CT molecular complexity index is 571. The molecule has 1 amide bonds. The third-order valence-corrected chi connectivity index (χ3v) is 4.03. The van der Waals surface area contributed by atoms with Gasteiger partial charge in [-0.05, 0) is 45.2 Å². The summed E-state index contributed by atoms with van der Waals surface area (Å²) in [7, 11) is 0. The predicted molar refractivity (Wildman–Crippen MR) is 76.3 cm³/mol. The summed E-state index contributed by atoms with van der Waals surface area (Å²) in [6, 6.07) is 3.26. The lowest BCUT2D eigenvalue weighted by atomic mass is 9.87. The van der Waals surface area contributed by atoms with Crippen LogP contribution in [0.4, 0.5) is 8.78 Å². The van der Waals surface area contributed by atoms with E-state index in [1.54, 1.807) is 13.8 Å². The summed E-state index contributed by atoms with van der Waals surface area (Å²) in [6.07, 6.45) is 1.84. The van der Waals surface area contributed by atoms with Crippen LogP contribution in [0.2, 0.25) is 0 Å². The van der Waals surface area contributed by atoms with E-state index in [1.165, 1.54) is 11.0 Å². The van der Waals surface area contributed by atoms with Gasteiger partial charge >= 0.3 is 5.97 Å². The van der Waals surface area contributed by atoms with Gasteiger partial charge < -0.3 is 9.64 Å². The van der Waals surface area contributed by atoms with Crippen LogP contribution in [-0.2, 0) is 9.53 Å². The molecular weight excluding hydrogens is 292 g/mol. The van der Waals surface area contributed by atoms with Gasteiger partial charge in [0, 0.05) is 6.54 Å². The third kappa shape index (κ3) is 2.82. The van der Waals surface area contributed by atoms with Crippen LogP contribution in [-0.4, -0.2) is 35.5 Å². The van der Waals surface area contributed by atoms with Crippen LogP contribution >= 0.6 is 0 Å². The Labute approximate surface area is 128 Å². The van der Waals surface area contributed by atoms with Gasteiger partial charge in [-0.2, -0.15) is 0 Å². The number of ether oxygens (including phenoxy) is 1. The van der Waals surface area contributed by atoms with E-state index in [0.717, 1.165) is 18.6 Å². The van der Waals surface area contributed by atoms with E-state index in [1.807, 2.05) is 0 Å². The minimum absolute atomic E-state index is 0.185. The summed E-state index contributed by atoms with van der Waals surface area (Å²) in [5.41, 5.74) is -1.82. The Morgan fingerprint density at radius 3 is 2.50 bits per heavy atom. The van der Waals surface area contributed by atoms with Crippen LogP contribution in [0.1, 0.15) is 43.5 Å². The molecule has 2 rings (SSSR count). The highest BCUT2D eigenvalue weighted by Gasteiger charge is 2.46. The largest absolute Gasteiger partial charge is 0.464 e. The number of hydrogen-bond acceptors (Lipinski definition) is 3. The van der Waals surface area contributed by atoms with E-state index in [9.17, 15) is 18.4 Å². The second-order valence-electron chi connectivity index (χ2n) is 5.50. The molecule has 1 aliphatic heterocycles. The summed E-state index contributed by atoms with van der Waals surface area (Å²) in [4.78, 5) is 26.1. The number of piperidine rings is 1. The molecule has 0 bridgehead atoms. The van der Waals surface area contributed by atoms with Crippen LogP contribution in [0.5, 0.6) is 0 Å². The van der Waals surface area contributed by atoms with Crippen molar-refractivity contribution in [2.24, 2.45) is 0 Å². The van der Waals surface area contributed by atoms with Crippen molar-refractivity contribution in [2.45, 2.75) is 38.6 Å². The maximum atomic E-state index is 13.9. The van der Waals surface area contributed by atoms with E-state index in [0.29, 0.717) is 12.8 Å². The number of carbonyl (C=O) groups excluding carboxylic acids is 2. The molecular formula is C16H19F2NO3. The number of carbonyl (C=O) groups is 2. The van der Waals surface area contributed by atoms with E-state index < -0.39 is 34.6 Å². The molecule has 4 nitrogen and oxygen atoms in total. The van der Waals surface area contributed by atoms with Gasteiger partial charge in [0.05, 0.1) is 6.61 Å². The first kappa shape index (κ1) is 16.4. The summed E-state index contributed by atoms with van der Waals surface area (Å²) < 4.78 is 32.7. The topological polar surface area (TPSA) is 46.6 Å². The van der Waals surface area contributed by atoms with Crippen LogP contribution in [0, 0.1) is 11.6 Å². The number of amides is 1. The summed E-state index contributed by atoms with van der Waals surface area (Å²) in [6.45, 7) is 3.71. The van der Waals surface area contributed by atoms with Gasteiger partial charge in [0.2, 0.25) is 0 Å². The molecule has 1 aliphatic rings. The van der Waals surface area contributed by atoms with Crippen LogP contribution in [0.15, 0.2) is 18.2 Å². The zero-order chi connectivity index (χ0) is 16.3. The number of benzene rings is 1. The van der Waals surface area contributed by atoms with Gasteiger partial charge in [-0.3, -0.25) is 4.79 Å². The molecule has 0 spiro atoms. The van der Waals surface area contributed by atoms with E-state index >= 15 is 0 Å². The monoisotopic (exact) mass is 311 g/mol. The standard InChI is InChI=1S/C16H19F2NO3/c1-3-22-15(21)16(2)9-4-5-10-19(16)14(20)13-11(17)7-6-8-12(13)18/h6-8H,3-5,9-10H2,1-2H3. The van der Waals surface area contributed by atoms with Crippen molar-refractivity contribution in [3.05, 3.63) is 35.4 Å². The molecule has 22 heavy (non-hydrogen) atoms. The van der Waals surface area contributed by atoms with Crippen molar-refractivity contribution in [1.82, 2.24) is 4.90 Å². The molecule has 1 atom stereocenters. The number of likely N-dealkylation sites (tertiary alicyclic amines) is 1. The third-order valence-electron chi connectivity index (χ3n) is 4.03. The molecule has 0 N–H and O–H groups in total. The number of rotatable bonds is 3. The Hall–Kier alpha value is -1.98. The number of nitrogens with zero attached hydrogens (tertiary/aromatic N) is 1. The zero-order valence-electron chi connectivity index (χ0n) is 12.7. The van der Waals surface area contributed by atoms with Gasteiger partial charge in [0.15, 0.2) is 0 Å². The summed E-state index contributed by atoms with van der Waals surface area (Å²) in [5, 5.41) is 0. The minimum Gasteiger partial charge on any atom is -0.464 e. The Balaban J connectivity index is 2.39. The fourth-order valence-electron chi connectivity index (χ4n) is 2.78. The number of halogens is 2. The van der Waals surface area contributed by atoms with Crippen LogP contribution in [0.3, 0.4) is 0 Å². The smallest absolute Gasteiger partial charge is 0.331 e. The van der Waals surface area contributed by atoms with Crippen molar-refractivity contribution in [3.8, 4) is 0 Å². The van der Waals surface area contributed by atoms with E-state index in [4.69, 9.17) is 4.74 Å². The fraction of sp³-hybridized carbons (Fsp3) is 0.500. The highest BCUT2D eigenvalue weighted by atomic mass is 19.1. The van der Waals surface area contributed by atoms with Crippen molar-refractivity contribution in [2.75, 3.05) is 13.2 Å². The van der Waals surface area contributed by atoms with Crippen molar-refractivity contribution in [1.29, 1.82) is 0 Å². The molecule has 1 aromatic carbocycles. The van der Waals surface area contributed by atoms with E-state index in [-0.39, 0.29) is 13.2 Å². The van der Waals surface area contributed by atoms with Gasteiger partial charge in [-0.1, -0.05) is 6.07 Å². The minimum atomic E-state index is -1.19. The van der Waals surface area contributed by atoms with Crippen LogP contribution in [0.25, 0.3) is 0 Å². The maximum Gasteiger partial charge on any atom is 0.331 e. The van der Waals surface area contributed by atoms with Gasteiger partial charge in [-0.25, -0.2) is 13.6 Å². The number of esters is 1. The van der Waals surface area contributed by atoms with Crippen molar-refractivity contribution in [3.63, 3.8) is 0 Å². The first-order valence-electron chi connectivity index (χ1n) is 7.35. The van der Waals surface area contributed by atoms with Crippen LogP contribution < -0.4 is 0 Å². The Morgan fingerprint density at radius 1 is 1.27 bits per heavy atom. The molecule has 6 heteroatoms. The predicted octanol–water partition coefficient (Wildman–Crippen LogP) is 2.91. The molecule has 120 valence electrons. The quantitative estimate of drug-likeness (QED) is 0.806. The molecule has 1 unspecified atom stereocenters. The lowest BCUT2D eigenvalue weighted by Crippen LogP contribution is -2.58. The zero-order valence-corrected chi connectivity index (χ0v) is 12.7. The van der Waals surface area contributed by atoms with Gasteiger partial charge in [-0.15, -0.1) is 0 Å². The molecule has 1 saturated heterocycles. The van der Waals surface area contributed by atoms with E-state index in [2.05, 4.69) is 0 Å². The second-order valence-corrected chi connectivity index (χ2v) is 5.50. The fourth-order valence-corrected chi connectivity index (χ4v) is 2.78. The Morgan fingerprint density at radius 2 is 1.91 bits per heavy atom. The average molecular weight is 311 g/mol. The SMILES string of the molecule is CCOC(=O)C1(C)CCCCN1C(=O)c1c(F)cccc1F. The molecule has 0 aliphatic carbocycles. The summed E-state index contributed by atoms with van der Waals surface area (Å²) >= 11 is 0. The van der Waals surface area contributed by atoms with Gasteiger partial charge in [0.1, 0.15) is 22.7 Å². The average Bonchev–Trinajstić information content (AvgIpc) is 2.47. The molecule has 0 saturated carbocycles. The normalized spacial score (nSPS) is 21.5. The molecule has 1 fully saturated rings. The Kier molecular flexibility index (Phi) is 4.78. The molecule has 1 heterocycles. The van der Waals surface area contributed by atoms with Crippen molar-refractivity contribution >= 4 is 11.9 Å². The first-order chi connectivity index (χ1) is 10.4. The van der Waals surface area contributed by atoms with Gasteiger partial charge in [0.25, 0.3) is 5.91 Å². The van der Waals surface area contributed by atoms with Crippen molar-refractivity contribution < 1.29 is 23.1 Å². The summed E-state index contributed by atoms with van der Waals surface area (Å²) in [5.74, 6) is -3.21. The molecule has 0 aromatic heterocycles. The maximum absolute atomic E-state index is 13.9. The number of hydrogen-bond donors (Lipinski definition) is 0.